The second-order valence-corrected chi connectivity index (χ2v) is 9.80. The molecule has 1 aliphatic rings. The van der Waals surface area contributed by atoms with Gasteiger partial charge in [-0.3, -0.25) is 9.79 Å². The Kier molecular flexibility index (Phi) is 8.06. The molecular formula is C25H37N3OS. The van der Waals surface area contributed by atoms with E-state index in [0.717, 1.165) is 29.6 Å². The minimum absolute atomic E-state index is 0.0625. The minimum Gasteiger partial charge on any atom is -0.303 e. The first-order valence-corrected chi connectivity index (χ1v) is 12.3. The van der Waals surface area contributed by atoms with Crippen molar-refractivity contribution in [1.82, 2.24) is 9.47 Å². The average molecular weight is 428 g/mol. The Labute approximate surface area is 185 Å². The van der Waals surface area contributed by atoms with Gasteiger partial charge in [0, 0.05) is 13.3 Å². The van der Waals surface area contributed by atoms with Crippen LogP contribution in [0.2, 0.25) is 0 Å². The Hall–Kier alpha value is -1.72. The Bertz CT molecular complexity index is 922. The van der Waals surface area contributed by atoms with Crippen molar-refractivity contribution in [2.24, 2.45) is 18.0 Å². The SMILES string of the molecule is CCCN(CCC)CCC(CCCc1ccc2c(c1)sc(=O)n2C)C1(C)C=CC=N1. The Morgan fingerprint density at radius 2 is 1.93 bits per heavy atom. The van der Waals surface area contributed by atoms with Crippen molar-refractivity contribution in [2.75, 3.05) is 19.6 Å². The molecule has 1 aliphatic heterocycles. The van der Waals surface area contributed by atoms with Gasteiger partial charge in [-0.1, -0.05) is 37.3 Å². The summed E-state index contributed by atoms with van der Waals surface area (Å²) >= 11 is 1.35. The molecule has 2 unspecified atom stereocenters. The number of aromatic nitrogens is 1. The van der Waals surface area contributed by atoms with E-state index < -0.39 is 0 Å². The van der Waals surface area contributed by atoms with Gasteiger partial charge in [0.2, 0.25) is 0 Å². The molecule has 2 aromatic rings. The quantitative estimate of drug-likeness (QED) is 0.452. The normalized spacial score (nSPS) is 19.4. The van der Waals surface area contributed by atoms with Crippen LogP contribution in [0.5, 0.6) is 0 Å². The predicted molar refractivity (Wildman–Crippen MR) is 131 cm³/mol. The van der Waals surface area contributed by atoms with Crippen molar-refractivity contribution < 1.29 is 0 Å². The fourth-order valence-electron chi connectivity index (χ4n) is 4.65. The number of hydrogen-bond donors (Lipinski definition) is 0. The highest BCUT2D eigenvalue weighted by molar-refractivity contribution is 7.16. The van der Waals surface area contributed by atoms with Gasteiger partial charge >= 0.3 is 4.87 Å². The fourth-order valence-corrected chi connectivity index (χ4v) is 5.59. The van der Waals surface area contributed by atoms with Gasteiger partial charge in [-0.25, -0.2) is 0 Å². The van der Waals surface area contributed by atoms with Crippen LogP contribution in [-0.2, 0) is 13.5 Å². The molecule has 0 amide bonds. The molecule has 1 aromatic carbocycles. The third kappa shape index (κ3) is 5.50. The molecule has 0 N–H and O–H groups in total. The number of benzene rings is 1. The van der Waals surface area contributed by atoms with Gasteiger partial charge in [0.05, 0.1) is 15.8 Å². The second-order valence-electron chi connectivity index (χ2n) is 8.81. The van der Waals surface area contributed by atoms with Crippen LogP contribution in [0.15, 0.2) is 40.1 Å². The van der Waals surface area contributed by atoms with E-state index >= 15 is 0 Å². The highest BCUT2D eigenvalue weighted by Gasteiger charge is 2.32. The van der Waals surface area contributed by atoms with E-state index in [-0.39, 0.29) is 10.4 Å². The van der Waals surface area contributed by atoms with Gasteiger partial charge in [0.1, 0.15) is 0 Å². The molecular weight excluding hydrogens is 390 g/mol. The van der Waals surface area contributed by atoms with Gasteiger partial charge in [-0.15, -0.1) is 0 Å². The lowest BCUT2D eigenvalue weighted by Gasteiger charge is -2.32. The summed E-state index contributed by atoms with van der Waals surface area (Å²) in [4.78, 5) is 19.5. The van der Waals surface area contributed by atoms with E-state index in [4.69, 9.17) is 4.99 Å². The summed E-state index contributed by atoms with van der Waals surface area (Å²) in [6.45, 7) is 10.4. The van der Waals surface area contributed by atoms with E-state index in [9.17, 15) is 4.79 Å². The molecule has 0 fully saturated rings. The van der Waals surface area contributed by atoms with Gasteiger partial charge in [-0.05, 0) is 94.8 Å². The van der Waals surface area contributed by atoms with Crippen molar-refractivity contribution in [3.8, 4) is 0 Å². The maximum atomic E-state index is 11.9. The lowest BCUT2D eigenvalue weighted by molar-refractivity contribution is 0.222. The molecule has 0 bridgehead atoms. The smallest absolute Gasteiger partial charge is 0.303 e. The monoisotopic (exact) mass is 427 g/mol. The van der Waals surface area contributed by atoms with Crippen LogP contribution in [-0.4, -0.2) is 40.9 Å². The van der Waals surface area contributed by atoms with E-state index in [1.54, 1.807) is 4.57 Å². The number of aryl methyl sites for hydroxylation is 2. The lowest BCUT2D eigenvalue weighted by Crippen LogP contribution is -2.34. The third-order valence-corrected chi connectivity index (χ3v) is 7.44. The van der Waals surface area contributed by atoms with Gasteiger partial charge in [0.25, 0.3) is 0 Å². The first-order chi connectivity index (χ1) is 14.5. The van der Waals surface area contributed by atoms with E-state index in [0.29, 0.717) is 5.92 Å². The highest BCUT2D eigenvalue weighted by atomic mass is 32.1. The molecule has 4 nitrogen and oxygen atoms in total. The number of rotatable bonds is 12. The summed E-state index contributed by atoms with van der Waals surface area (Å²) in [6.07, 6.45) is 13.4. The second kappa shape index (κ2) is 10.5. The molecule has 5 heteroatoms. The fraction of sp³-hybridized carbons (Fsp3) is 0.600. The maximum absolute atomic E-state index is 11.9. The van der Waals surface area contributed by atoms with Crippen molar-refractivity contribution in [1.29, 1.82) is 0 Å². The summed E-state index contributed by atoms with van der Waals surface area (Å²) < 4.78 is 2.84. The van der Waals surface area contributed by atoms with Crippen molar-refractivity contribution >= 4 is 27.8 Å². The van der Waals surface area contributed by atoms with Crippen LogP contribution in [0.4, 0.5) is 0 Å². The van der Waals surface area contributed by atoms with E-state index in [1.807, 2.05) is 13.3 Å². The molecule has 2 atom stereocenters. The Morgan fingerprint density at radius 1 is 1.17 bits per heavy atom. The van der Waals surface area contributed by atoms with Crippen LogP contribution >= 0.6 is 11.3 Å². The summed E-state index contributed by atoms with van der Waals surface area (Å²) in [5.41, 5.74) is 2.31. The molecule has 0 radical (unpaired) electrons. The molecule has 3 rings (SSSR count). The van der Waals surface area contributed by atoms with Crippen molar-refractivity contribution in [3.63, 3.8) is 0 Å². The number of fused-ring (bicyclic) bond motifs is 1. The number of nitrogens with zero attached hydrogens (tertiary/aromatic N) is 3. The van der Waals surface area contributed by atoms with Gasteiger partial charge < -0.3 is 9.47 Å². The van der Waals surface area contributed by atoms with Crippen LogP contribution in [0.1, 0.15) is 58.4 Å². The Morgan fingerprint density at radius 3 is 2.60 bits per heavy atom. The standard InChI is InChI=1S/C25H37N3OS/c1-5-16-28(17-6-2)18-13-21(25(3)14-8-15-26-25)10-7-9-20-11-12-22-23(19-20)30-24(29)27(22)4/h8,11-12,14-15,19,21H,5-7,9-10,13,16-18H2,1-4H3. The summed E-state index contributed by atoms with van der Waals surface area (Å²) in [5.74, 6) is 0.556. The summed E-state index contributed by atoms with van der Waals surface area (Å²) in [5, 5.41) is 0. The molecule has 1 aromatic heterocycles. The number of aliphatic imine (C=N–C) groups is 1. The van der Waals surface area contributed by atoms with Crippen molar-refractivity contribution in [3.05, 3.63) is 45.6 Å². The van der Waals surface area contributed by atoms with Crippen LogP contribution < -0.4 is 4.87 Å². The number of allylic oxidation sites excluding steroid dienone is 1. The molecule has 2 heterocycles. The predicted octanol–water partition coefficient (Wildman–Crippen LogP) is 5.45. The van der Waals surface area contributed by atoms with Gasteiger partial charge in [0.15, 0.2) is 0 Å². The first-order valence-electron chi connectivity index (χ1n) is 11.5. The zero-order valence-corrected chi connectivity index (χ0v) is 19.9. The topological polar surface area (TPSA) is 37.6 Å². The average Bonchev–Trinajstić information content (AvgIpc) is 3.28. The molecule has 164 valence electrons. The summed E-state index contributed by atoms with van der Waals surface area (Å²) in [6, 6.07) is 6.48. The van der Waals surface area contributed by atoms with E-state index in [2.05, 4.69) is 56.0 Å². The third-order valence-electron chi connectivity index (χ3n) is 6.45. The molecule has 0 aliphatic carbocycles. The van der Waals surface area contributed by atoms with Crippen LogP contribution in [0, 0.1) is 5.92 Å². The maximum Gasteiger partial charge on any atom is 0.307 e. The molecule has 0 saturated carbocycles. The first kappa shape index (κ1) is 23.0. The zero-order valence-electron chi connectivity index (χ0n) is 19.1. The number of thiazole rings is 1. The van der Waals surface area contributed by atoms with Crippen molar-refractivity contribution in [2.45, 2.75) is 64.8 Å². The van der Waals surface area contributed by atoms with Gasteiger partial charge in [-0.2, -0.15) is 0 Å². The lowest BCUT2D eigenvalue weighted by atomic mass is 9.80. The Balaban J connectivity index is 1.62. The zero-order chi connectivity index (χ0) is 21.6. The minimum atomic E-state index is -0.0625. The largest absolute Gasteiger partial charge is 0.307 e. The molecule has 0 saturated heterocycles. The van der Waals surface area contributed by atoms with Crippen LogP contribution in [0.25, 0.3) is 10.2 Å². The van der Waals surface area contributed by atoms with Crippen LogP contribution in [0.3, 0.4) is 0 Å². The number of hydrogen-bond acceptors (Lipinski definition) is 4. The molecule has 0 spiro atoms. The van der Waals surface area contributed by atoms with E-state index in [1.165, 1.54) is 55.7 Å². The summed E-state index contributed by atoms with van der Waals surface area (Å²) in [7, 11) is 1.85. The highest BCUT2D eigenvalue weighted by Crippen LogP contribution is 2.33. The molecule has 30 heavy (non-hydrogen) atoms.